The molecule has 0 atom stereocenters. The average Bonchev–Trinajstić information content (AvgIpc) is 2.14. The fraction of sp³-hybridized carbons (Fsp3) is 0.429. The van der Waals surface area contributed by atoms with Gasteiger partial charge in [0.2, 0.25) is 15.9 Å². The zero-order valence-corrected chi connectivity index (χ0v) is 9.33. The SMILES string of the molecule is COc1cc(NS(C)(=O)=O)nc(OC)n1. The van der Waals surface area contributed by atoms with Crippen molar-refractivity contribution in [3.05, 3.63) is 6.07 Å². The summed E-state index contributed by atoms with van der Waals surface area (Å²) in [5, 5.41) is 0. The van der Waals surface area contributed by atoms with Crippen LogP contribution in [0.4, 0.5) is 5.82 Å². The fourth-order valence-corrected chi connectivity index (χ4v) is 1.33. The van der Waals surface area contributed by atoms with Crippen molar-refractivity contribution >= 4 is 15.8 Å². The van der Waals surface area contributed by atoms with E-state index in [9.17, 15) is 8.42 Å². The molecule has 15 heavy (non-hydrogen) atoms. The molecular weight excluding hydrogens is 222 g/mol. The van der Waals surface area contributed by atoms with Gasteiger partial charge in [-0.2, -0.15) is 9.97 Å². The highest BCUT2D eigenvalue weighted by Gasteiger charge is 2.08. The van der Waals surface area contributed by atoms with Crippen molar-refractivity contribution in [1.82, 2.24) is 9.97 Å². The molecule has 1 aromatic heterocycles. The monoisotopic (exact) mass is 233 g/mol. The van der Waals surface area contributed by atoms with E-state index >= 15 is 0 Å². The lowest BCUT2D eigenvalue weighted by Crippen LogP contribution is -2.11. The highest BCUT2D eigenvalue weighted by molar-refractivity contribution is 7.92. The highest BCUT2D eigenvalue weighted by Crippen LogP contribution is 2.17. The van der Waals surface area contributed by atoms with E-state index in [1.54, 1.807) is 0 Å². The van der Waals surface area contributed by atoms with Crippen molar-refractivity contribution in [3.8, 4) is 11.9 Å². The summed E-state index contributed by atoms with van der Waals surface area (Å²) < 4.78 is 33.7. The van der Waals surface area contributed by atoms with Crippen molar-refractivity contribution in [1.29, 1.82) is 0 Å². The molecule has 0 aromatic carbocycles. The molecule has 0 bridgehead atoms. The van der Waals surface area contributed by atoms with Gasteiger partial charge in [0.1, 0.15) is 0 Å². The lowest BCUT2D eigenvalue weighted by Gasteiger charge is -2.06. The fourth-order valence-electron chi connectivity index (χ4n) is 0.842. The van der Waals surface area contributed by atoms with Gasteiger partial charge >= 0.3 is 6.01 Å². The predicted molar refractivity (Wildman–Crippen MR) is 53.6 cm³/mol. The Labute approximate surface area is 87.5 Å². The third-order valence-corrected chi connectivity index (χ3v) is 1.94. The van der Waals surface area contributed by atoms with Gasteiger partial charge in [-0.15, -0.1) is 0 Å². The van der Waals surface area contributed by atoms with Gasteiger partial charge in [0.05, 0.1) is 20.5 Å². The predicted octanol–water partition coefficient (Wildman–Crippen LogP) is -0.135. The maximum Gasteiger partial charge on any atom is 0.321 e. The van der Waals surface area contributed by atoms with Crippen LogP contribution in [0.1, 0.15) is 0 Å². The molecule has 7 nitrogen and oxygen atoms in total. The van der Waals surface area contributed by atoms with Gasteiger partial charge in [-0.25, -0.2) is 8.42 Å². The maximum atomic E-state index is 10.9. The number of nitrogens with one attached hydrogen (secondary N) is 1. The first-order chi connectivity index (χ1) is 6.94. The number of aromatic nitrogens is 2. The standard InChI is InChI=1S/C7H11N3O4S/c1-13-6-4-5(10-15(3,11)12)8-7(9-6)14-2/h4H,1-3H3,(H,8,9,10). The van der Waals surface area contributed by atoms with Crippen molar-refractivity contribution < 1.29 is 17.9 Å². The zero-order chi connectivity index (χ0) is 11.5. The van der Waals surface area contributed by atoms with Crippen LogP contribution >= 0.6 is 0 Å². The summed E-state index contributed by atoms with van der Waals surface area (Å²) in [6.07, 6.45) is 1.02. The Balaban J connectivity index is 3.07. The first-order valence-electron chi connectivity index (χ1n) is 3.89. The van der Waals surface area contributed by atoms with Crippen LogP contribution in [0, 0.1) is 0 Å². The van der Waals surface area contributed by atoms with E-state index in [4.69, 9.17) is 9.47 Å². The third-order valence-electron chi connectivity index (χ3n) is 1.36. The summed E-state index contributed by atoms with van der Waals surface area (Å²) in [7, 11) is -0.596. The minimum absolute atomic E-state index is 0.0282. The van der Waals surface area contributed by atoms with Crippen LogP contribution < -0.4 is 14.2 Å². The summed E-state index contributed by atoms with van der Waals surface area (Å²) >= 11 is 0. The van der Waals surface area contributed by atoms with Gasteiger partial charge < -0.3 is 9.47 Å². The number of hydrogen-bond acceptors (Lipinski definition) is 6. The molecule has 0 aliphatic carbocycles. The van der Waals surface area contributed by atoms with Crippen LogP contribution in [-0.4, -0.2) is 38.9 Å². The molecule has 0 spiro atoms. The van der Waals surface area contributed by atoms with Gasteiger partial charge in [0.15, 0.2) is 5.82 Å². The van der Waals surface area contributed by atoms with Crippen LogP contribution in [0.2, 0.25) is 0 Å². The first kappa shape index (κ1) is 11.5. The van der Waals surface area contributed by atoms with E-state index in [0.717, 1.165) is 6.26 Å². The van der Waals surface area contributed by atoms with Crippen LogP contribution in [0.25, 0.3) is 0 Å². The first-order valence-corrected chi connectivity index (χ1v) is 5.78. The van der Waals surface area contributed by atoms with E-state index in [-0.39, 0.29) is 17.7 Å². The average molecular weight is 233 g/mol. The van der Waals surface area contributed by atoms with Crippen LogP contribution in [0.3, 0.4) is 0 Å². The summed E-state index contributed by atoms with van der Waals surface area (Å²) in [5.41, 5.74) is 0. The van der Waals surface area contributed by atoms with Crippen molar-refractivity contribution in [2.24, 2.45) is 0 Å². The highest BCUT2D eigenvalue weighted by atomic mass is 32.2. The Kier molecular flexibility index (Phi) is 3.30. The van der Waals surface area contributed by atoms with Gasteiger partial charge in [0.25, 0.3) is 0 Å². The van der Waals surface area contributed by atoms with Gasteiger partial charge in [0, 0.05) is 6.07 Å². The summed E-state index contributed by atoms with van der Waals surface area (Å²) in [5.74, 6) is 0.314. The van der Waals surface area contributed by atoms with E-state index in [1.807, 2.05) is 0 Å². The third kappa shape index (κ3) is 3.58. The Bertz CT molecular complexity index is 423. The molecular formula is C7H11N3O4S. The number of ether oxygens (including phenoxy) is 2. The number of rotatable bonds is 4. The Morgan fingerprint density at radius 1 is 1.27 bits per heavy atom. The second-order valence-electron chi connectivity index (χ2n) is 2.66. The molecule has 1 N–H and O–H groups in total. The van der Waals surface area contributed by atoms with Crippen molar-refractivity contribution in [3.63, 3.8) is 0 Å². The molecule has 0 unspecified atom stereocenters. The summed E-state index contributed by atoms with van der Waals surface area (Å²) in [6, 6.07) is 1.38. The molecule has 0 amide bonds. The topological polar surface area (TPSA) is 90.4 Å². The number of sulfonamides is 1. The molecule has 0 saturated carbocycles. The van der Waals surface area contributed by atoms with E-state index in [0.29, 0.717) is 0 Å². The van der Waals surface area contributed by atoms with E-state index < -0.39 is 10.0 Å². The molecule has 1 rings (SSSR count). The Hall–Kier alpha value is -1.57. The molecule has 84 valence electrons. The second-order valence-corrected chi connectivity index (χ2v) is 4.40. The smallest absolute Gasteiger partial charge is 0.321 e. The molecule has 0 aliphatic rings. The van der Waals surface area contributed by atoms with Gasteiger partial charge in [-0.3, -0.25) is 4.72 Å². The quantitative estimate of drug-likeness (QED) is 0.778. The molecule has 0 radical (unpaired) electrons. The normalized spacial score (nSPS) is 10.9. The number of nitrogens with zero attached hydrogens (tertiary/aromatic N) is 2. The largest absolute Gasteiger partial charge is 0.481 e. The van der Waals surface area contributed by atoms with Crippen molar-refractivity contribution in [2.45, 2.75) is 0 Å². The van der Waals surface area contributed by atoms with Gasteiger partial charge in [-0.05, 0) is 0 Å². The number of anilines is 1. The molecule has 1 heterocycles. The van der Waals surface area contributed by atoms with Crippen LogP contribution in [0.5, 0.6) is 11.9 Å². The Morgan fingerprint density at radius 2 is 1.93 bits per heavy atom. The molecule has 1 aromatic rings. The molecule has 0 aliphatic heterocycles. The lowest BCUT2D eigenvalue weighted by atomic mass is 10.6. The van der Waals surface area contributed by atoms with Gasteiger partial charge in [-0.1, -0.05) is 0 Å². The minimum atomic E-state index is -3.38. The lowest BCUT2D eigenvalue weighted by molar-refractivity contribution is 0.353. The van der Waals surface area contributed by atoms with Crippen LogP contribution in [0.15, 0.2) is 6.07 Å². The minimum Gasteiger partial charge on any atom is -0.481 e. The number of methoxy groups -OCH3 is 2. The Morgan fingerprint density at radius 3 is 2.40 bits per heavy atom. The van der Waals surface area contributed by atoms with Crippen molar-refractivity contribution in [2.75, 3.05) is 25.2 Å². The van der Waals surface area contributed by atoms with E-state index in [2.05, 4.69) is 14.7 Å². The summed E-state index contributed by atoms with van der Waals surface area (Å²) in [6.45, 7) is 0. The second kappa shape index (κ2) is 4.30. The molecule has 0 saturated heterocycles. The maximum absolute atomic E-state index is 10.9. The zero-order valence-electron chi connectivity index (χ0n) is 8.51. The molecule has 0 fully saturated rings. The van der Waals surface area contributed by atoms with E-state index in [1.165, 1.54) is 20.3 Å². The summed E-state index contributed by atoms with van der Waals surface area (Å²) in [4.78, 5) is 7.59. The van der Waals surface area contributed by atoms with Crippen LogP contribution in [-0.2, 0) is 10.0 Å². The molecule has 8 heteroatoms. The number of hydrogen-bond donors (Lipinski definition) is 1.